The highest BCUT2D eigenvalue weighted by Crippen LogP contribution is 2.32. The molecule has 1 aromatic heterocycles. The van der Waals surface area contributed by atoms with Gasteiger partial charge in [-0.05, 0) is 63.9 Å². The van der Waals surface area contributed by atoms with Gasteiger partial charge in [0, 0.05) is 39.0 Å². The van der Waals surface area contributed by atoms with Crippen molar-refractivity contribution in [3.8, 4) is 0 Å². The lowest BCUT2D eigenvalue weighted by Gasteiger charge is -2.38. The number of ether oxygens (including phenoxy) is 6. The number of aryl methyl sites for hydroxylation is 1. The van der Waals surface area contributed by atoms with Crippen LogP contribution in [-0.2, 0) is 44.4 Å². The van der Waals surface area contributed by atoms with Crippen LogP contribution in [0.1, 0.15) is 108 Å². The van der Waals surface area contributed by atoms with Crippen LogP contribution in [-0.4, -0.2) is 86.5 Å². The number of rotatable bonds is 13. The first kappa shape index (κ1) is 37.6. The van der Waals surface area contributed by atoms with E-state index in [-0.39, 0.29) is 49.5 Å². The second-order valence-electron chi connectivity index (χ2n) is 13.0. The van der Waals surface area contributed by atoms with E-state index in [1.54, 1.807) is 31.6 Å². The molecule has 0 radical (unpaired) electrons. The van der Waals surface area contributed by atoms with Gasteiger partial charge in [0.2, 0.25) is 5.89 Å². The van der Waals surface area contributed by atoms with Crippen molar-refractivity contribution >= 4 is 24.1 Å². The summed E-state index contributed by atoms with van der Waals surface area (Å²) in [5.41, 5.74) is 0.740. The first-order chi connectivity index (χ1) is 23.3. The minimum absolute atomic E-state index is 0.0620. The number of hydrogen-bond acceptors (Lipinski definition) is 11. The van der Waals surface area contributed by atoms with Crippen molar-refractivity contribution in [3.63, 3.8) is 0 Å². The van der Waals surface area contributed by atoms with E-state index in [9.17, 15) is 14.4 Å². The number of alkyl carbamates (subject to hydrolysis) is 1. The number of unbranched alkanes of at least 4 members (excludes halogenated alkanes) is 2. The van der Waals surface area contributed by atoms with Crippen LogP contribution in [0.15, 0.2) is 28.9 Å². The second-order valence-corrected chi connectivity index (χ2v) is 13.0. The van der Waals surface area contributed by atoms with Gasteiger partial charge in [0.1, 0.15) is 18.5 Å². The maximum Gasteiger partial charge on any atom is 0.407 e. The summed E-state index contributed by atoms with van der Waals surface area (Å²) in [7, 11) is 3.02. The molecule has 4 bridgehead atoms. The van der Waals surface area contributed by atoms with Gasteiger partial charge < -0.3 is 38.2 Å². The number of hydrogen-bond donors (Lipinski definition) is 1. The van der Waals surface area contributed by atoms with Crippen molar-refractivity contribution in [2.24, 2.45) is 0 Å². The number of carbonyl (C=O) groups is 3. The van der Waals surface area contributed by atoms with Crippen LogP contribution >= 0.6 is 0 Å². The Morgan fingerprint density at radius 1 is 0.979 bits per heavy atom. The molecule has 12 heteroatoms. The Hall–Kier alpha value is -3.22. The smallest absolute Gasteiger partial charge is 0.407 e. The Kier molecular flexibility index (Phi) is 15.9. The van der Waals surface area contributed by atoms with Crippen LogP contribution in [0.5, 0.6) is 0 Å². The summed E-state index contributed by atoms with van der Waals surface area (Å²) in [6.45, 7) is 2.46. The molecule has 0 saturated carbocycles. The Bertz CT molecular complexity index is 1200. The predicted molar refractivity (Wildman–Crippen MR) is 177 cm³/mol. The van der Waals surface area contributed by atoms with E-state index in [1.165, 1.54) is 13.2 Å². The fourth-order valence-corrected chi connectivity index (χ4v) is 6.71. The monoisotopic (exact) mass is 674 g/mol. The minimum atomic E-state index is -0.515. The van der Waals surface area contributed by atoms with E-state index in [1.807, 2.05) is 0 Å². The lowest BCUT2D eigenvalue weighted by Crippen LogP contribution is -2.42. The molecule has 1 amide bonds. The number of nitrogens with zero attached hydrogens (tertiary/aromatic N) is 1. The molecule has 48 heavy (non-hydrogen) atoms. The summed E-state index contributed by atoms with van der Waals surface area (Å²) in [5, 5.41) is 2.54. The highest BCUT2D eigenvalue weighted by molar-refractivity contribution is 5.82. The van der Waals surface area contributed by atoms with Gasteiger partial charge >= 0.3 is 18.0 Å². The maximum atomic E-state index is 13.2. The van der Waals surface area contributed by atoms with E-state index in [4.69, 9.17) is 28.1 Å². The average Bonchev–Trinajstić information content (AvgIpc) is 3.52. The van der Waals surface area contributed by atoms with Gasteiger partial charge in [0.25, 0.3) is 0 Å². The van der Waals surface area contributed by atoms with Gasteiger partial charge in [-0.25, -0.2) is 14.6 Å². The third kappa shape index (κ3) is 13.4. The quantitative estimate of drug-likeness (QED) is 0.114. The molecule has 12 nitrogen and oxygen atoms in total. The maximum absolute atomic E-state index is 13.2. The molecule has 4 rings (SSSR count). The molecule has 4 unspecified atom stereocenters. The number of nitrogens with one attached hydrogen (secondary N) is 1. The van der Waals surface area contributed by atoms with Crippen LogP contribution in [0.3, 0.4) is 0 Å². The molecule has 1 aromatic rings. The Morgan fingerprint density at radius 3 is 2.52 bits per heavy atom. The molecule has 3 saturated heterocycles. The molecule has 7 atom stereocenters. The number of fused-ring (bicyclic) bond motifs is 4. The van der Waals surface area contributed by atoms with Crippen molar-refractivity contribution in [3.05, 3.63) is 36.1 Å². The van der Waals surface area contributed by atoms with Crippen molar-refractivity contribution < 1.29 is 47.2 Å². The molecule has 268 valence electrons. The number of esters is 2. The summed E-state index contributed by atoms with van der Waals surface area (Å²) in [4.78, 5) is 41.5. The number of cyclic esters (lactones) is 1. The molecular formula is C36H54N2O10. The van der Waals surface area contributed by atoms with Crippen molar-refractivity contribution in [1.29, 1.82) is 0 Å². The molecule has 1 N–H and O–H groups in total. The van der Waals surface area contributed by atoms with Gasteiger partial charge in [-0.15, -0.1) is 0 Å². The van der Waals surface area contributed by atoms with Gasteiger partial charge in [0.05, 0.1) is 49.7 Å². The largest absolute Gasteiger partial charge is 0.462 e. The molecule has 3 fully saturated rings. The summed E-state index contributed by atoms with van der Waals surface area (Å²) < 4.78 is 40.7. The zero-order valence-corrected chi connectivity index (χ0v) is 28.8. The summed E-state index contributed by atoms with van der Waals surface area (Å²) in [5.74, 6) is -0.286. The molecule has 3 aliphatic heterocycles. The number of allylic oxidation sites excluding steroid dienone is 1. The third-order valence-electron chi connectivity index (χ3n) is 9.09. The summed E-state index contributed by atoms with van der Waals surface area (Å²) in [6.07, 6.45) is 18.0. The molecule has 4 heterocycles. The highest BCUT2D eigenvalue weighted by atomic mass is 16.6. The zero-order chi connectivity index (χ0) is 34.1. The Balaban J connectivity index is 1.31. The molecular weight excluding hydrogens is 620 g/mol. The van der Waals surface area contributed by atoms with E-state index < -0.39 is 24.3 Å². The standard InChI is InChI=1S/C36H54N2O10/c1-4-5-6-12-28-18-26-13-9-14-27(45-26)19-29(42-2)20-30-21-31(22-32(46-30)23-35(40)47-28)48-34(39)16-8-7-11-25-24-44-33(38-25)15-10-17-37-36(41)43-3/h8,10,15-16,24,26-32H,4-7,9,11-14,17-23H2,1-3H3,(H,37,41)/b15-10-,16-8-/t26?,27?,28-,29+,30?,31+,32?/m0/s1. The van der Waals surface area contributed by atoms with Gasteiger partial charge in [-0.3, -0.25) is 4.79 Å². The van der Waals surface area contributed by atoms with Crippen LogP contribution in [0.2, 0.25) is 0 Å². The SMILES string of the molecule is CCCCC[C@H]1CC2CCCC(C[C@@H](OC)CC3C[C@@H](OC(=O)/C=C\CCc4coc(/C=C\CNC(=O)OC)n4)CC(CC(=O)O1)O3)O2. The van der Waals surface area contributed by atoms with Crippen molar-refractivity contribution in [2.75, 3.05) is 20.8 Å². The lowest BCUT2D eigenvalue weighted by molar-refractivity contribution is -0.171. The highest BCUT2D eigenvalue weighted by Gasteiger charge is 2.37. The van der Waals surface area contributed by atoms with Crippen molar-refractivity contribution in [1.82, 2.24) is 10.3 Å². The van der Waals surface area contributed by atoms with Gasteiger partial charge in [0.15, 0.2) is 0 Å². The topological polar surface area (TPSA) is 145 Å². The normalized spacial score (nSPS) is 28.5. The first-order valence-electron chi connectivity index (χ1n) is 17.7. The van der Waals surface area contributed by atoms with E-state index in [0.717, 1.165) is 63.5 Å². The fraction of sp³-hybridized carbons (Fsp3) is 0.722. The van der Waals surface area contributed by atoms with Crippen LogP contribution in [0.4, 0.5) is 4.79 Å². The third-order valence-corrected chi connectivity index (χ3v) is 9.09. The molecule has 0 spiro atoms. The summed E-state index contributed by atoms with van der Waals surface area (Å²) in [6, 6.07) is 0. The lowest BCUT2D eigenvalue weighted by atomic mass is 9.91. The predicted octanol–water partition coefficient (Wildman–Crippen LogP) is 6.01. The van der Waals surface area contributed by atoms with Crippen LogP contribution in [0.25, 0.3) is 6.08 Å². The molecule has 0 aliphatic carbocycles. The number of methoxy groups -OCH3 is 2. The molecule has 3 aliphatic rings. The number of amides is 1. The van der Waals surface area contributed by atoms with Crippen LogP contribution in [0, 0.1) is 0 Å². The van der Waals surface area contributed by atoms with E-state index in [0.29, 0.717) is 38.0 Å². The average molecular weight is 675 g/mol. The number of oxazole rings is 1. The van der Waals surface area contributed by atoms with Crippen LogP contribution < -0.4 is 5.32 Å². The van der Waals surface area contributed by atoms with E-state index >= 15 is 0 Å². The van der Waals surface area contributed by atoms with E-state index in [2.05, 4.69) is 22.0 Å². The first-order valence-corrected chi connectivity index (χ1v) is 17.7. The fourth-order valence-electron chi connectivity index (χ4n) is 6.71. The Morgan fingerprint density at radius 2 is 1.73 bits per heavy atom. The number of carbonyl (C=O) groups excluding carboxylic acids is 3. The second kappa shape index (κ2) is 20.3. The van der Waals surface area contributed by atoms with Gasteiger partial charge in [-0.2, -0.15) is 0 Å². The number of aromatic nitrogens is 1. The van der Waals surface area contributed by atoms with Gasteiger partial charge in [-0.1, -0.05) is 31.9 Å². The zero-order valence-electron chi connectivity index (χ0n) is 28.8. The molecule has 0 aromatic carbocycles. The minimum Gasteiger partial charge on any atom is -0.462 e. The Labute approximate surface area is 284 Å². The van der Waals surface area contributed by atoms with Crippen molar-refractivity contribution in [2.45, 2.75) is 146 Å². The summed E-state index contributed by atoms with van der Waals surface area (Å²) >= 11 is 0.